The van der Waals surface area contributed by atoms with Crippen molar-refractivity contribution in [3.63, 3.8) is 0 Å². The molecule has 94 valence electrons. The summed E-state index contributed by atoms with van der Waals surface area (Å²) in [5.41, 5.74) is 0. The van der Waals surface area contributed by atoms with Crippen LogP contribution in [0.1, 0.15) is 13.8 Å². The second-order valence-corrected chi connectivity index (χ2v) is 6.78. The number of nitrogens with zero attached hydrogens (tertiary/aromatic N) is 1. The van der Waals surface area contributed by atoms with Crippen LogP contribution in [0.5, 0.6) is 0 Å². The van der Waals surface area contributed by atoms with Crippen LogP contribution in [0.15, 0.2) is 17.6 Å². The van der Waals surface area contributed by atoms with E-state index < -0.39 is 14.6 Å². The first-order valence-corrected chi connectivity index (χ1v) is 6.89. The fourth-order valence-corrected chi connectivity index (χ4v) is 1.15. The van der Waals surface area contributed by atoms with Crippen molar-refractivity contribution < 1.29 is 8.42 Å². The van der Waals surface area contributed by atoms with Gasteiger partial charge in [-0.15, -0.1) is 6.58 Å². The second kappa shape index (κ2) is 5.89. The summed E-state index contributed by atoms with van der Waals surface area (Å²) in [6.45, 7) is 7.82. The van der Waals surface area contributed by atoms with Gasteiger partial charge in [-0.3, -0.25) is 4.99 Å². The Kier molecular flexibility index (Phi) is 5.50. The molecule has 0 rings (SSSR count). The summed E-state index contributed by atoms with van der Waals surface area (Å²) in [4.78, 5) is 3.96. The fourth-order valence-electron chi connectivity index (χ4n) is 0.817. The monoisotopic (exact) mass is 247 g/mol. The third-order valence-corrected chi connectivity index (χ3v) is 4.47. The number of hydrogen-bond donors (Lipinski definition) is 2. The molecule has 0 aromatic heterocycles. The standard InChI is InChI=1S/C10H21N3O2S/c1-6-7-12-9(11-4)13-8-10(2,3)16(5,14)15/h6H,1,7-8H2,2-5H3,(H2,11,12,13). The van der Waals surface area contributed by atoms with Gasteiger partial charge < -0.3 is 10.6 Å². The van der Waals surface area contributed by atoms with Crippen LogP contribution in [-0.4, -0.2) is 45.5 Å². The Bertz CT molecular complexity index is 358. The highest BCUT2D eigenvalue weighted by atomic mass is 32.2. The predicted octanol–water partition coefficient (Wildman–Crippen LogP) is 0.161. The average molecular weight is 247 g/mol. The van der Waals surface area contributed by atoms with E-state index in [1.807, 2.05) is 0 Å². The van der Waals surface area contributed by atoms with Gasteiger partial charge in [-0.25, -0.2) is 8.42 Å². The Balaban J connectivity index is 4.38. The maximum atomic E-state index is 11.5. The molecule has 0 heterocycles. The number of hydrogen-bond acceptors (Lipinski definition) is 3. The number of nitrogens with one attached hydrogen (secondary N) is 2. The van der Waals surface area contributed by atoms with Gasteiger partial charge in [0.1, 0.15) is 0 Å². The molecule has 0 bridgehead atoms. The largest absolute Gasteiger partial charge is 0.355 e. The molecule has 5 nitrogen and oxygen atoms in total. The lowest BCUT2D eigenvalue weighted by Crippen LogP contribution is -2.47. The Morgan fingerprint density at radius 2 is 2.00 bits per heavy atom. The van der Waals surface area contributed by atoms with Gasteiger partial charge in [-0.1, -0.05) is 6.08 Å². The van der Waals surface area contributed by atoms with Crippen molar-refractivity contribution in [3.05, 3.63) is 12.7 Å². The van der Waals surface area contributed by atoms with Crippen LogP contribution < -0.4 is 10.6 Å². The molecule has 0 aromatic carbocycles. The van der Waals surface area contributed by atoms with E-state index in [2.05, 4.69) is 22.2 Å². The topological polar surface area (TPSA) is 70.6 Å². The molecule has 0 amide bonds. The third-order valence-electron chi connectivity index (χ3n) is 2.32. The molecular weight excluding hydrogens is 226 g/mol. The SMILES string of the molecule is C=CCNC(=NC)NCC(C)(C)S(C)(=O)=O. The lowest BCUT2D eigenvalue weighted by molar-refractivity contribution is 0.545. The molecule has 0 saturated carbocycles. The molecule has 0 radical (unpaired) electrons. The first-order chi connectivity index (χ1) is 7.24. The zero-order chi connectivity index (χ0) is 12.8. The minimum absolute atomic E-state index is 0.308. The number of aliphatic imine (C=N–C) groups is 1. The molecule has 0 saturated heterocycles. The van der Waals surface area contributed by atoms with Crippen LogP contribution in [0.3, 0.4) is 0 Å². The van der Waals surface area contributed by atoms with Crippen molar-refractivity contribution in [2.45, 2.75) is 18.6 Å². The molecule has 0 atom stereocenters. The minimum Gasteiger partial charge on any atom is -0.355 e. The molecule has 0 aliphatic rings. The maximum Gasteiger partial charge on any atom is 0.191 e. The molecule has 0 aliphatic carbocycles. The van der Waals surface area contributed by atoms with Gasteiger partial charge in [0.15, 0.2) is 15.8 Å². The number of sulfone groups is 1. The molecular formula is C10H21N3O2S. The zero-order valence-corrected chi connectivity index (χ0v) is 11.2. The quantitative estimate of drug-likeness (QED) is 0.412. The maximum absolute atomic E-state index is 11.5. The van der Waals surface area contributed by atoms with Gasteiger partial charge in [0, 0.05) is 26.4 Å². The second-order valence-electron chi connectivity index (χ2n) is 4.13. The highest BCUT2D eigenvalue weighted by Gasteiger charge is 2.30. The van der Waals surface area contributed by atoms with Gasteiger partial charge >= 0.3 is 0 Å². The average Bonchev–Trinajstić information content (AvgIpc) is 2.16. The van der Waals surface area contributed by atoms with E-state index in [-0.39, 0.29) is 0 Å². The lowest BCUT2D eigenvalue weighted by atomic mass is 10.2. The van der Waals surface area contributed by atoms with Crippen molar-refractivity contribution >= 4 is 15.8 Å². The van der Waals surface area contributed by atoms with Crippen LogP contribution in [0.4, 0.5) is 0 Å². The van der Waals surface area contributed by atoms with Crippen LogP contribution in [-0.2, 0) is 9.84 Å². The zero-order valence-electron chi connectivity index (χ0n) is 10.4. The summed E-state index contributed by atoms with van der Waals surface area (Å²) in [6, 6.07) is 0. The summed E-state index contributed by atoms with van der Waals surface area (Å²) in [5, 5.41) is 5.93. The van der Waals surface area contributed by atoms with Gasteiger partial charge in [0.25, 0.3) is 0 Å². The van der Waals surface area contributed by atoms with E-state index in [0.717, 1.165) is 0 Å². The third kappa shape index (κ3) is 4.65. The Morgan fingerprint density at radius 1 is 1.44 bits per heavy atom. The van der Waals surface area contributed by atoms with Crippen LogP contribution >= 0.6 is 0 Å². The van der Waals surface area contributed by atoms with Gasteiger partial charge in [0.05, 0.1) is 4.75 Å². The Labute approximate surface area is 98.0 Å². The van der Waals surface area contributed by atoms with Crippen molar-refractivity contribution in [2.24, 2.45) is 4.99 Å². The fraction of sp³-hybridized carbons (Fsp3) is 0.700. The summed E-state index contributed by atoms with van der Waals surface area (Å²) in [5.74, 6) is 0.566. The van der Waals surface area contributed by atoms with Gasteiger partial charge in [-0.2, -0.15) is 0 Å². The number of guanidine groups is 1. The van der Waals surface area contributed by atoms with E-state index in [9.17, 15) is 8.42 Å². The number of rotatable bonds is 5. The Morgan fingerprint density at radius 3 is 2.38 bits per heavy atom. The van der Waals surface area contributed by atoms with Gasteiger partial charge in [-0.05, 0) is 13.8 Å². The van der Waals surface area contributed by atoms with Crippen LogP contribution in [0.2, 0.25) is 0 Å². The highest BCUT2D eigenvalue weighted by Crippen LogP contribution is 2.13. The molecule has 6 heteroatoms. The summed E-state index contributed by atoms with van der Waals surface area (Å²) < 4.78 is 22.1. The molecule has 0 aromatic rings. The van der Waals surface area contributed by atoms with E-state index in [1.54, 1.807) is 27.0 Å². The van der Waals surface area contributed by atoms with Crippen molar-refractivity contribution in [2.75, 3.05) is 26.4 Å². The van der Waals surface area contributed by atoms with Crippen molar-refractivity contribution in [1.82, 2.24) is 10.6 Å². The predicted molar refractivity (Wildman–Crippen MR) is 68.5 cm³/mol. The molecule has 2 N–H and O–H groups in total. The highest BCUT2D eigenvalue weighted by molar-refractivity contribution is 7.92. The van der Waals surface area contributed by atoms with Crippen LogP contribution in [0, 0.1) is 0 Å². The van der Waals surface area contributed by atoms with Crippen LogP contribution in [0.25, 0.3) is 0 Å². The first-order valence-electron chi connectivity index (χ1n) is 4.99. The molecule has 0 aliphatic heterocycles. The van der Waals surface area contributed by atoms with Gasteiger partial charge in [0.2, 0.25) is 0 Å². The normalized spacial score (nSPS) is 13.4. The summed E-state index contributed by atoms with van der Waals surface area (Å²) >= 11 is 0. The van der Waals surface area contributed by atoms with E-state index in [1.165, 1.54) is 6.26 Å². The van der Waals surface area contributed by atoms with E-state index in [4.69, 9.17) is 0 Å². The Hall–Kier alpha value is -1.04. The molecule has 0 fully saturated rings. The molecule has 16 heavy (non-hydrogen) atoms. The summed E-state index contributed by atoms with van der Waals surface area (Å²) in [7, 11) is -1.46. The van der Waals surface area contributed by atoms with Crippen molar-refractivity contribution in [3.8, 4) is 0 Å². The first kappa shape index (κ1) is 15.0. The van der Waals surface area contributed by atoms with E-state index in [0.29, 0.717) is 19.0 Å². The molecule has 0 unspecified atom stereocenters. The lowest BCUT2D eigenvalue weighted by Gasteiger charge is -2.23. The van der Waals surface area contributed by atoms with Crippen molar-refractivity contribution in [1.29, 1.82) is 0 Å². The van der Waals surface area contributed by atoms with E-state index >= 15 is 0 Å². The summed E-state index contributed by atoms with van der Waals surface area (Å²) in [6.07, 6.45) is 2.93. The molecule has 0 spiro atoms. The minimum atomic E-state index is -3.09. The smallest absolute Gasteiger partial charge is 0.191 e.